The molecule has 122 valence electrons. The zero-order chi connectivity index (χ0) is 15.8. The number of nitrogens with zero attached hydrogens (tertiary/aromatic N) is 1. The highest BCUT2D eigenvalue weighted by Gasteiger charge is 2.16. The fraction of sp³-hybridized carbons (Fsp3) is 0.625. The second-order valence-electron chi connectivity index (χ2n) is 5.72. The van der Waals surface area contributed by atoms with Crippen molar-refractivity contribution < 1.29 is 9.59 Å². The SMILES string of the molecule is CC(NC(=O)c1cccs1)C(=O)NCCCN1CCCCC1. The third-order valence-corrected chi connectivity index (χ3v) is 4.75. The summed E-state index contributed by atoms with van der Waals surface area (Å²) < 4.78 is 0. The lowest BCUT2D eigenvalue weighted by Crippen LogP contribution is -2.45. The van der Waals surface area contributed by atoms with Gasteiger partial charge in [-0.25, -0.2) is 0 Å². The molecule has 1 atom stereocenters. The molecule has 1 unspecified atom stereocenters. The first kappa shape index (κ1) is 17.0. The number of hydrogen-bond acceptors (Lipinski definition) is 4. The van der Waals surface area contributed by atoms with Crippen molar-refractivity contribution in [2.24, 2.45) is 0 Å². The number of amides is 2. The van der Waals surface area contributed by atoms with Gasteiger partial charge in [0.25, 0.3) is 5.91 Å². The quantitative estimate of drug-likeness (QED) is 0.753. The van der Waals surface area contributed by atoms with Crippen LogP contribution >= 0.6 is 11.3 Å². The Hall–Kier alpha value is -1.40. The lowest BCUT2D eigenvalue weighted by Gasteiger charge is -2.26. The van der Waals surface area contributed by atoms with Crippen LogP contribution in [-0.4, -0.2) is 48.9 Å². The predicted molar refractivity (Wildman–Crippen MR) is 89.2 cm³/mol. The van der Waals surface area contributed by atoms with Gasteiger partial charge in [-0.15, -0.1) is 11.3 Å². The molecule has 2 N–H and O–H groups in total. The number of piperidine rings is 1. The van der Waals surface area contributed by atoms with E-state index in [-0.39, 0.29) is 11.8 Å². The van der Waals surface area contributed by atoms with Crippen molar-refractivity contribution in [2.75, 3.05) is 26.2 Å². The third kappa shape index (κ3) is 5.42. The maximum Gasteiger partial charge on any atom is 0.261 e. The Kier molecular flexibility index (Phi) is 6.86. The molecule has 1 saturated heterocycles. The molecule has 6 heteroatoms. The van der Waals surface area contributed by atoms with E-state index < -0.39 is 6.04 Å². The van der Waals surface area contributed by atoms with Gasteiger partial charge in [-0.1, -0.05) is 12.5 Å². The van der Waals surface area contributed by atoms with Gasteiger partial charge in [0.05, 0.1) is 4.88 Å². The van der Waals surface area contributed by atoms with Crippen molar-refractivity contribution in [2.45, 2.75) is 38.6 Å². The van der Waals surface area contributed by atoms with Crippen molar-refractivity contribution in [3.63, 3.8) is 0 Å². The Balaban J connectivity index is 1.60. The lowest BCUT2D eigenvalue weighted by atomic mass is 10.1. The van der Waals surface area contributed by atoms with Crippen LogP contribution in [0.25, 0.3) is 0 Å². The standard InChI is InChI=1S/C16H25N3O2S/c1-13(18-16(21)14-7-5-12-22-14)15(20)17-8-6-11-19-9-3-2-4-10-19/h5,7,12-13H,2-4,6,8-11H2,1H3,(H,17,20)(H,18,21). The van der Waals surface area contributed by atoms with Crippen molar-refractivity contribution in [1.29, 1.82) is 0 Å². The van der Waals surface area contributed by atoms with Gasteiger partial charge in [0.15, 0.2) is 0 Å². The van der Waals surface area contributed by atoms with Crippen LogP contribution in [0.1, 0.15) is 42.3 Å². The second kappa shape index (κ2) is 8.90. The predicted octanol–water partition coefficient (Wildman–Crippen LogP) is 1.86. The molecular weight excluding hydrogens is 298 g/mol. The van der Waals surface area contributed by atoms with E-state index in [4.69, 9.17) is 0 Å². The molecule has 1 aliphatic rings. The summed E-state index contributed by atoms with van der Waals surface area (Å²) in [6.45, 7) is 5.78. The summed E-state index contributed by atoms with van der Waals surface area (Å²) in [4.78, 5) is 26.9. The molecule has 2 amide bonds. The summed E-state index contributed by atoms with van der Waals surface area (Å²) in [5, 5.41) is 7.46. The molecular formula is C16H25N3O2S. The van der Waals surface area contributed by atoms with Gasteiger partial charge in [-0.05, 0) is 57.3 Å². The van der Waals surface area contributed by atoms with Gasteiger partial charge in [-0.3, -0.25) is 9.59 Å². The van der Waals surface area contributed by atoms with E-state index in [9.17, 15) is 9.59 Å². The molecule has 0 saturated carbocycles. The summed E-state index contributed by atoms with van der Waals surface area (Å²) in [6, 6.07) is 3.07. The number of thiophene rings is 1. The van der Waals surface area contributed by atoms with E-state index in [1.165, 1.54) is 43.7 Å². The highest BCUT2D eigenvalue weighted by Crippen LogP contribution is 2.09. The van der Waals surface area contributed by atoms with Crippen molar-refractivity contribution in [1.82, 2.24) is 15.5 Å². The molecule has 0 aliphatic carbocycles. The molecule has 2 heterocycles. The summed E-state index contributed by atoms with van der Waals surface area (Å²) >= 11 is 1.37. The van der Waals surface area contributed by atoms with E-state index in [0.717, 1.165) is 13.0 Å². The van der Waals surface area contributed by atoms with Gasteiger partial charge < -0.3 is 15.5 Å². The number of carbonyl (C=O) groups is 2. The minimum absolute atomic E-state index is 0.122. The number of rotatable bonds is 7. The van der Waals surface area contributed by atoms with Crippen molar-refractivity contribution in [3.05, 3.63) is 22.4 Å². The third-order valence-electron chi connectivity index (χ3n) is 3.88. The molecule has 0 spiro atoms. The Morgan fingerprint density at radius 1 is 1.32 bits per heavy atom. The van der Waals surface area contributed by atoms with Crippen LogP contribution in [0.3, 0.4) is 0 Å². The fourth-order valence-corrected chi connectivity index (χ4v) is 3.22. The number of carbonyl (C=O) groups excluding carboxylic acids is 2. The van der Waals surface area contributed by atoms with Crippen molar-refractivity contribution in [3.8, 4) is 0 Å². The fourth-order valence-electron chi connectivity index (χ4n) is 2.59. The molecule has 0 bridgehead atoms. The van der Waals surface area contributed by atoms with Crippen LogP contribution in [0.5, 0.6) is 0 Å². The average Bonchev–Trinajstić information content (AvgIpc) is 3.07. The zero-order valence-corrected chi connectivity index (χ0v) is 14.0. The zero-order valence-electron chi connectivity index (χ0n) is 13.1. The van der Waals surface area contributed by atoms with Crippen LogP contribution in [0.15, 0.2) is 17.5 Å². The Labute approximate surface area is 136 Å². The highest BCUT2D eigenvalue weighted by molar-refractivity contribution is 7.12. The number of likely N-dealkylation sites (tertiary alicyclic amines) is 1. The van der Waals surface area contributed by atoms with E-state index in [1.54, 1.807) is 13.0 Å². The molecule has 2 rings (SSSR count). The van der Waals surface area contributed by atoms with Crippen LogP contribution < -0.4 is 10.6 Å². The largest absolute Gasteiger partial charge is 0.354 e. The minimum atomic E-state index is -0.510. The smallest absolute Gasteiger partial charge is 0.261 e. The molecule has 0 aromatic carbocycles. The normalized spacial score (nSPS) is 17.0. The lowest BCUT2D eigenvalue weighted by molar-refractivity contribution is -0.122. The molecule has 1 aliphatic heterocycles. The molecule has 1 fully saturated rings. The number of nitrogens with one attached hydrogen (secondary N) is 2. The van der Waals surface area contributed by atoms with Gasteiger partial charge in [0, 0.05) is 6.54 Å². The molecule has 5 nitrogen and oxygen atoms in total. The molecule has 1 aromatic heterocycles. The maximum atomic E-state index is 12.0. The Bertz CT molecular complexity index is 470. The van der Waals surface area contributed by atoms with Gasteiger partial charge in [-0.2, -0.15) is 0 Å². The molecule has 1 aromatic rings. The van der Waals surface area contributed by atoms with E-state index in [1.807, 2.05) is 11.4 Å². The van der Waals surface area contributed by atoms with Crippen LogP contribution in [0, 0.1) is 0 Å². The monoisotopic (exact) mass is 323 g/mol. The second-order valence-corrected chi connectivity index (χ2v) is 6.67. The summed E-state index contributed by atoms with van der Waals surface area (Å²) in [7, 11) is 0. The molecule has 0 radical (unpaired) electrons. The average molecular weight is 323 g/mol. The maximum absolute atomic E-state index is 12.0. The topological polar surface area (TPSA) is 61.4 Å². The summed E-state index contributed by atoms with van der Waals surface area (Å²) in [5.74, 6) is -0.311. The van der Waals surface area contributed by atoms with Crippen LogP contribution in [0.2, 0.25) is 0 Å². The summed E-state index contributed by atoms with van der Waals surface area (Å²) in [5.41, 5.74) is 0. The van der Waals surface area contributed by atoms with E-state index in [2.05, 4.69) is 15.5 Å². The van der Waals surface area contributed by atoms with Gasteiger partial charge in [0.1, 0.15) is 6.04 Å². The van der Waals surface area contributed by atoms with Gasteiger partial charge in [0.2, 0.25) is 5.91 Å². The van der Waals surface area contributed by atoms with Gasteiger partial charge >= 0.3 is 0 Å². The van der Waals surface area contributed by atoms with Crippen molar-refractivity contribution >= 4 is 23.2 Å². The first-order valence-corrected chi connectivity index (χ1v) is 8.89. The van der Waals surface area contributed by atoms with E-state index >= 15 is 0 Å². The highest BCUT2D eigenvalue weighted by atomic mass is 32.1. The summed E-state index contributed by atoms with van der Waals surface area (Å²) in [6.07, 6.45) is 4.88. The Morgan fingerprint density at radius 2 is 2.09 bits per heavy atom. The van der Waals surface area contributed by atoms with E-state index in [0.29, 0.717) is 11.4 Å². The van der Waals surface area contributed by atoms with Crippen LogP contribution in [-0.2, 0) is 4.79 Å². The Morgan fingerprint density at radius 3 is 2.77 bits per heavy atom. The van der Waals surface area contributed by atoms with Crippen LogP contribution in [0.4, 0.5) is 0 Å². The minimum Gasteiger partial charge on any atom is -0.354 e. The number of hydrogen-bond donors (Lipinski definition) is 2. The first-order chi connectivity index (χ1) is 10.7. The first-order valence-electron chi connectivity index (χ1n) is 8.01. The molecule has 22 heavy (non-hydrogen) atoms.